The largest absolute Gasteiger partial charge is 0.472 e. The number of hydrogen-bond acceptors (Lipinski definition) is 8. The van der Waals surface area contributed by atoms with Crippen LogP contribution in [0.2, 0.25) is 0 Å². The van der Waals surface area contributed by atoms with Crippen molar-refractivity contribution in [2.45, 2.75) is 225 Å². The number of ether oxygens (including phenoxy) is 2. The first kappa shape index (κ1) is 77.9. The van der Waals surface area contributed by atoms with Gasteiger partial charge >= 0.3 is 19.8 Å². The van der Waals surface area contributed by atoms with Gasteiger partial charge < -0.3 is 20.1 Å². The maximum Gasteiger partial charge on any atom is 0.472 e. The van der Waals surface area contributed by atoms with Crippen molar-refractivity contribution < 1.29 is 37.6 Å². The Balaban J connectivity index is 4.10. The Kier molecular flexibility index (Phi) is 61.9. The number of hydrogen-bond donors (Lipinski definition) is 2. The van der Waals surface area contributed by atoms with E-state index >= 15 is 0 Å². The molecule has 0 aliphatic heterocycles. The minimum atomic E-state index is -4.42. The van der Waals surface area contributed by atoms with Crippen LogP contribution in [-0.4, -0.2) is 49.3 Å². The molecule has 0 rings (SSSR count). The molecule has 0 aromatic rings. The molecule has 0 saturated carbocycles. The number of allylic oxidation sites excluding steroid dienone is 32. The quantitative estimate of drug-likeness (QED) is 0.0264. The number of unbranched alkanes of at least 4 members (excludes halogenated alkanes) is 12. The van der Waals surface area contributed by atoms with Gasteiger partial charge in [0, 0.05) is 19.4 Å². The third-order valence-electron chi connectivity index (χ3n) is 12.5. The summed E-state index contributed by atoms with van der Waals surface area (Å²) in [4.78, 5) is 35.3. The van der Waals surface area contributed by atoms with E-state index in [0.29, 0.717) is 12.8 Å². The Labute approximate surface area is 506 Å². The second kappa shape index (κ2) is 66.0. The van der Waals surface area contributed by atoms with Crippen LogP contribution < -0.4 is 5.73 Å². The van der Waals surface area contributed by atoms with Crippen LogP contribution >= 0.6 is 7.82 Å². The Bertz CT molecular complexity index is 2060. The molecule has 2 atom stereocenters. The van der Waals surface area contributed by atoms with Crippen molar-refractivity contribution in [1.82, 2.24) is 0 Å². The average Bonchev–Trinajstić information content (AvgIpc) is 3.49. The van der Waals surface area contributed by atoms with E-state index in [-0.39, 0.29) is 32.6 Å². The van der Waals surface area contributed by atoms with Gasteiger partial charge in [0.25, 0.3) is 0 Å². The van der Waals surface area contributed by atoms with Crippen LogP contribution in [0.1, 0.15) is 219 Å². The summed E-state index contributed by atoms with van der Waals surface area (Å²) in [5, 5.41) is 0. The number of phosphoric acid groups is 1. The summed E-state index contributed by atoms with van der Waals surface area (Å²) < 4.78 is 33.1. The van der Waals surface area contributed by atoms with Crippen LogP contribution in [0.3, 0.4) is 0 Å². The molecular weight excluding hydrogens is 1050 g/mol. The monoisotopic (exact) mass is 1160 g/mol. The van der Waals surface area contributed by atoms with Crippen molar-refractivity contribution in [1.29, 1.82) is 0 Å². The predicted molar refractivity (Wildman–Crippen MR) is 357 cm³/mol. The lowest BCUT2D eigenvalue weighted by Gasteiger charge is -2.19. The number of carbonyl (C=O) groups excluding carboxylic acids is 2. The summed E-state index contributed by atoms with van der Waals surface area (Å²) in [5.41, 5.74) is 5.39. The van der Waals surface area contributed by atoms with Crippen LogP contribution in [0, 0.1) is 0 Å². The highest BCUT2D eigenvalue weighted by Crippen LogP contribution is 2.43. The van der Waals surface area contributed by atoms with E-state index in [4.69, 9.17) is 24.3 Å². The van der Waals surface area contributed by atoms with Crippen molar-refractivity contribution in [3.63, 3.8) is 0 Å². The van der Waals surface area contributed by atoms with Crippen LogP contribution in [0.25, 0.3) is 0 Å². The van der Waals surface area contributed by atoms with Crippen LogP contribution in [-0.2, 0) is 32.7 Å². The molecule has 0 fully saturated rings. The van der Waals surface area contributed by atoms with Gasteiger partial charge in [-0.3, -0.25) is 18.6 Å². The summed E-state index contributed by atoms with van der Waals surface area (Å²) in [7, 11) is -4.42. The van der Waals surface area contributed by atoms with E-state index < -0.39 is 32.5 Å². The molecule has 0 saturated heterocycles. The van der Waals surface area contributed by atoms with Gasteiger partial charge in [-0.15, -0.1) is 0 Å². The normalized spacial score (nSPS) is 14.3. The summed E-state index contributed by atoms with van der Waals surface area (Å²) >= 11 is 0. The van der Waals surface area contributed by atoms with E-state index in [1.807, 2.05) is 0 Å². The molecule has 0 aliphatic carbocycles. The summed E-state index contributed by atoms with van der Waals surface area (Å²) in [5.74, 6) is -0.883. The molecule has 9 nitrogen and oxygen atoms in total. The molecule has 0 radical (unpaired) electrons. The Morgan fingerprint density at radius 3 is 0.928 bits per heavy atom. The summed E-state index contributed by atoms with van der Waals surface area (Å²) in [6, 6.07) is 0. The van der Waals surface area contributed by atoms with Crippen LogP contribution in [0.5, 0.6) is 0 Å². The molecule has 10 heteroatoms. The first-order valence-corrected chi connectivity index (χ1v) is 33.4. The van der Waals surface area contributed by atoms with E-state index in [2.05, 4.69) is 208 Å². The van der Waals surface area contributed by atoms with Gasteiger partial charge in [-0.25, -0.2) is 4.57 Å². The van der Waals surface area contributed by atoms with Crippen molar-refractivity contribution >= 4 is 19.8 Å². The molecule has 464 valence electrons. The van der Waals surface area contributed by atoms with Crippen LogP contribution in [0.15, 0.2) is 194 Å². The van der Waals surface area contributed by atoms with Gasteiger partial charge in [0.1, 0.15) is 6.61 Å². The fourth-order valence-corrected chi connectivity index (χ4v) is 8.61. The van der Waals surface area contributed by atoms with Crippen LogP contribution in [0.4, 0.5) is 0 Å². The third-order valence-corrected chi connectivity index (χ3v) is 13.5. The van der Waals surface area contributed by atoms with Crippen molar-refractivity contribution in [3.05, 3.63) is 194 Å². The second-order valence-corrected chi connectivity index (χ2v) is 21.6. The van der Waals surface area contributed by atoms with E-state index in [1.54, 1.807) is 0 Å². The third kappa shape index (κ3) is 65.9. The second-order valence-electron chi connectivity index (χ2n) is 20.2. The molecule has 0 heterocycles. The summed E-state index contributed by atoms with van der Waals surface area (Å²) in [6.07, 6.45) is 101. The van der Waals surface area contributed by atoms with Crippen molar-refractivity contribution in [3.8, 4) is 0 Å². The number of esters is 2. The highest BCUT2D eigenvalue weighted by Gasteiger charge is 2.26. The molecule has 0 spiro atoms. The lowest BCUT2D eigenvalue weighted by atomic mass is 10.1. The zero-order valence-corrected chi connectivity index (χ0v) is 52.7. The minimum Gasteiger partial charge on any atom is -0.462 e. The van der Waals surface area contributed by atoms with Gasteiger partial charge in [0.05, 0.1) is 13.2 Å². The molecule has 2 unspecified atom stereocenters. The lowest BCUT2D eigenvalue weighted by molar-refractivity contribution is -0.161. The SMILES string of the molecule is CC/C=C\C/C=C\C/C=C\C/C=C\C/C=C\C/C=C\C/C=C\C/C=C\CCCCCCCCCCC(=O)OC(COC(=O)CCCCCC/C=C\C/C=C\C/C=C\C/C=C\C/C=C\C/C=C\C/C=C\C/C=C\CC)COP(=O)(O)OCCN. The fourth-order valence-electron chi connectivity index (χ4n) is 7.84. The van der Waals surface area contributed by atoms with Gasteiger partial charge in [-0.2, -0.15) is 0 Å². The molecule has 3 N–H and O–H groups in total. The standard InChI is InChI=1S/C73H114NO8P/c1-3-5-7-9-11-13-15-17-19-21-23-25-27-29-31-33-34-35-36-38-40-42-44-46-48-50-52-54-56-58-60-62-64-66-73(76)82-71(70-81-83(77,78)80-68-67-74)69-79-72(75)65-63-61-59-57-55-53-51-49-47-45-43-41-39-37-32-30-28-26-24-22-20-18-16-14-12-10-8-6-4-2/h5-8,11-14,17-20,23-26,29-32,34-35,38-41,44-47,51,53,71H,3-4,9-10,15-16,21-22,27-28,33,36-37,42-43,48-50,52,54-70,74H2,1-2H3,(H,77,78)/b7-5-,8-6-,13-11-,14-12-,19-17-,20-18-,25-23-,26-24-,31-29-,32-30-,35-34-,40-38-,41-39-,46-44-,47-45-,53-51-. The predicted octanol–water partition coefficient (Wildman–Crippen LogP) is 21.0. The highest BCUT2D eigenvalue weighted by molar-refractivity contribution is 7.47. The Morgan fingerprint density at radius 2 is 0.627 bits per heavy atom. The van der Waals surface area contributed by atoms with Gasteiger partial charge in [0.2, 0.25) is 0 Å². The van der Waals surface area contributed by atoms with Crippen molar-refractivity contribution in [2.75, 3.05) is 26.4 Å². The van der Waals surface area contributed by atoms with Gasteiger partial charge in [-0.1, -0.05) is 260 Å². The van der Waals surface area contributed by atoms with Crippen molar-refractivity contribution in [2.24, 2.45) is 5.73 Å². The number of carbonyl (C=O) groups is 2. The lowest BCUT2D eigenvalue weighted by Crippen LogP contribution is -2.29. The molecule has 0 aliphatic rings. The first-order valence-electron chi connectivity index (χ1n) is 31.9. The average molecular weight is 1160 g/mol. The molecule has 0 bridgehead atoms. The maximum atomic E-state index is 12.7. The fraction of sp³-hybridized carbons (Fsp3) is 0.534. The Hall–Kier alpha value is -5.15. The van der Waals surface area contributed by atoms with E-state index in [0.717, 1.165) is 154 Å². The molecule has 83 heavy (non-hydrogen) atoms. The summed E-state index contributed by atoms with van der Waals surface area (Å²) in [6.45, 7) is 3.45. The van der Waals surface area contributed by atoms with E-state index in [1.165, 1.54) is 25.7 Å². The zero-order valence-electron chi connectivity index (χ0n) is 51.8. The van der Waals surface area contributed by atoms with E-state index in [9.17, 15) is 19.0 Å². The smallest absolute Gasteiger partial charge is 0.462 e. The first-order chi connectivity index (χ1) is 40.8. The topological polar surface area (TPSA) is 134 Å². The number of phosphoric ester groups is 1. The van der Waals surface area contributed by atoms with Gasteiger partial charge in [-0.05, 0) is 141 Å². The number of nitrogens with two attached hydrogens (primary N) is 1. The minimum absolute atomic E-state index is 0.0367. The zero-order chi connectivity index (χ0) is 60.1. The maximum absolute atomic E-state index is 12.7. The molecule has 0 amide bonds. The molecule has 0 aromatic heterocycles. The molecule has 0 aromatic carbocycles. The van der Waals surface area contributed by atoms with Gasteiger partial charge in [0.15, 0.2) is 6.10 Å². The highest BCUT2D eigenvalue weighted by atomic mass is 31.2. The Morgan fingerprint density at radius 1 is 0.361 bits per heavy atom. The molecular formula is C73H114NO8P. The number of rotatable bonds is 57.